The molecule has 0 atom stereocenters. The number of ether oxygens (including phenoxy) is 3. The Hall–Kier alpha value is -3.33. The maximum atomic E-state index is 12.7. The molecular formula is C22H25N3O6. The highest BCUT2D eigenvalue weighted by atomic mass is 16.7. The van der Waals surface area contributed by atoms with E-state index in [0.29, 0.717) is 36.1 Å². The number of piperidine rings is 1. The van der Waals surface area contributed by atoms with Crippen molar-refractivity contribution in [3.05, 3.63) is 52.1 Å². The molecule has 31 heavy (non-hydrogen) atoms. The Bertz CT molecular complexity index is 972. The van der Waals surface area contributed by atoms with Crippen LogP contribution in [0.4, 0.5) is 11.4 Å². The van der Waals surface area contributed by atoms with Crippen molar-refractivity contribution in [1.82, 2.24) is 4.90 Å². The molecule has 2 aromatic rings. The molecule has 1 N–H and O–H groups in total. The van der Waals surface area contributed by atoms with Crippen molar-refractivity contribution < 1.29 is 23.9 Å². The SMILES string of the molecule is CCOc1ccc([N+](=O)[O-])cc1CN1CCC(C(=O)Nc2ccc3c(c2)OCO3)CC1. The third kappa shape index (κ3) is 4.88. The molecule has 164 valence electrons. The molecule has 0 bridgehead atoms. The van der Waals surface area contributed by atoms with E-state index in [-0.39, 0.29) is 24.3 Å². The second-order valence-electron chi connectivity index (χ2n) is 7.59. The summed E-state index contributed by atoms with van der Waals surface area (Å²) in [6, 6.07) is 10.0. The molecule has 1 amide bonds. The van der Waals surface area contributed by atoms with Gasteiger partial charge >= 0.3 is 0 Å². The Morgan fingerprint density at radius 3 is 2.71 bits per heavy atom. The summed E-state index contributed by atoms with van der Waals surface area (Å²) in [5.74, 6) is 1.88. The summed E-state index contributed by atoms with van der Waals surface area (Å²) in [4.78, 5) is 25.6. The van der Waals surface area contributed by atoms with Crippen LogP contribution in [0.5, 0.6) is 17.2 Å². The minimum atomic E-state index is -0.397. The third-order valence-electron chi connectivity index (χ3n) is 5.55. The van der Waals surface area contributed by atoms with E-state index in [1.54, 1.807) is 30.3 Å². The molecule has 0 radical (unpaired) electrons. The second kappa shape index (κ2) is 9.22. The molecule has 2 aliphatic rings. The fraction of sp³-hybridized carbons (Fsp3) is 0.409. The molecule has 9 nitrogen and oxygen atoms in total. The number of hydrogen-bond donors (Lipinski definition) is 1. The minimum absolute atomic E-state index is 0.0103. The molecule has 0 spiro atoms. The number of likely N-dealkylation sites (tertiary alicyclic amines) is 1. The van der Waals surface area contributed by atoms with Crippen LogP contribution < -0.4 is 19.5 Å². The van der Waals surface area contributed by atoms with E-state index in [4.69, 9.17) is 14.2 Å². The van der Waals surface area contributed by atoms with Gasteiger partial charge in [0.05, 0.1) is 11.5 Å². The number of nitrogens with zero attached hydrogens (tertiary/aromatic N) is 2. The van der Waals surface area contributed by atoms with E-state index < -0.39 is 4.92 Å². The molecule has 2 heterocycles. The first kappa shape index (κ1) is 20.9. The largest absolute Gasteiger partial charge is 0.494 e. The van der Waals surface area contributed by atoms with Crippen LogP contribution in [0.1, 0.15) is 25.3 Å². The van der Waals surface area contributed by atoms with Gasteiger partial charge in [0, 0.05) is 41.9 Å². The van der Waals surface area contributed by atoms with E-state index in [0.717, 1.165) is 31.5 Å². The van der Waals surface area contributed by atoms with Crippen LogP contribution in [0.2, 0.25) is 0 Å². The van der Waals surface area contributed by atoms with Gasteiger partial charge in [0.1, 0.15) is 5.75 Å². The highest BCUT2D eigenvalue weighted by molar-refractivity contribution is 5.93. The first-order valence-corrected chi connectivity index (χ1v) is 10.4. The van der Waals surface area contributed by atoms with Crippen molar-refractivity contribution in [3.8, 4) is 17.2 Å². The van der Waals surface area contributed by atoms with Gasteiger partial charge in [-0.05, 0) is 51.1 Å². The van der Waals surface area contributed by atoms with E-state index in [9.17, 15) is 14.9 Å². The smallest absolute Gasteiger partial charge is 0.270 e. The van der Waals surface area contributed by atoms with Crippen molar-refractivity contribution in [2.75, 3.05) is 31.8 Å². The molecule has 0 aliphatic carbocycles. The number of fused-ring (bicyclic) bond motifs is 1. The summed E-state index contributed by atoms with van der Waals surface area (Å²) >= 11 is 0. The van der Waals surface area contributed by atoms with Gasteiger partial charge in [-0.15, -0.1) is 0 Å². The number of anilines is 1. The van der Waals surface area contributed by atoms with Crippen LogP contribution in [0.25, 0.3) is 0 Å². The molecule has 2 aliphatic heterocycles. The number of amides is 1. The molecule has 2 aromatic carbocycles. The lowest BCUT2D eigenvalue weighted by atomic mass is 9.95. The van der Waals surface area contributed by atoms with Crippen molar-refractivity contribution in [2.24, 2.45) is 5.92 Å². The minimum Gasteiger partial charge on any atom is -0.494 e. The molecule has 1 fully saturated rings. The summed E-state index contributed by atoms with van der Waals surface area (Å²) < 4.78 is 16.3. The summed E-state index contributed by atoms with van der Waals surface area (Å²) in [6.07, 6.45) is 1.44. The van der Waals surface area contributed by atoms with E-state index >= 15 is 0 Å². The quantitative estimate of drug-likeness (QED) is 0.532. The van der Waals surface area contributed by atoms with Gasteiger partial charge < -0.3 is 19.5 Å². The van der Waals surface area contributed by atoms with Gasteiger partial charge in [-0.2, -0.15) is 0 Å². The van der Waals surface area contributed by atoms with E-state index in [2.05, 4.69) is 10.2 Å². The number of benzene rings is 2. The Balaban J connectivity index is 1.34. The van der Waals surface area contributed by atoms with Crippen molar-refractivity contribution in [2.45, 2.75) is 26.3 Å². The fourth-order valence-electron chi connectivity index (χ4n) is 3.91. The van der Waals surface area contributed by atoms with Gasteiger partial charge in [0.25, 0.3) is 5.69 Å². The number of nitrogens with one attached hydrogen (secondary N) is 1. The maximum Gasteiger partial charge on any atom is 0.270 e. The molecule has 9 heteroatoms. The van der Waals surface area contributed by atoms with Crippen molar-refractivity contribution in [1.29, 1.82) is 0 Å². The van der Waals surface area contributed by atoms with Crippen LogP contribution in [-0.2, 0) is 11.3 Å². The van der Waals surface area contributed by atoms with Crippen LogP contribution >= 0.6 is 0 Å². The predicted octanol–water partition coefficient (Wildman–Crippen LogP) is 3.57. The Kier molecular flexibility index (Phi) is 6.22. The van der Waals surface area contributed by atoms with Crippen LogP contribution in [0.15, 0.2) is 36.4 Å². The van der Waals surface area contributed by atoms with E-state index in [1.165, 1.54) is 6.07 Å². The lowest BCUT2D eigenvalue weighted by Crippen LogP contribution is -2.37. The molecule has 1 saturated heterocycles. The fourth-order valence-corrected chi connectivity index (χ4v) is 3.91. The summed E-state index contributed by atoms with van der Waals surface area (Å²) in [5, 5.41) is 14.1. The molecule has 0 unspecified atom stereocenters. The number of hydrogen-bond acceptors (Lipinski definition) is 7. The van der Waals surface area contributed by atoms with E-state index in [1.807, 2.05) is 6.92 Å². The first-order chi connectivity index (χ1) is 15.0. The zero-order chi connectivity index (χ0) is 21.8. The molecule has 4 rings (SSSR count). The van der Waals surface area contributed by atoms with Gasteiger partial charge in [0.2, 0.25) is 12.7 Å². The lowest BCUT2D eigenvalue weighted by molar-refractivity contribution is -0.385. The summed E-state index contributed by atoms with van der Waals surface area (Å²) in [5.41, 5.74) is 1.53. The third-order valence-corrected chi connectivity index (χ3v) is 5.55. The summed E-state index contributed by atoms with van der Waals surface area (Å²) in [7, 11) is 0. The van der Waals surface area contributed by atoms with Crippen molar-refractivity contribution >= 4 is 17.3 Å². The first-order valence-electron chi connectivity index (χ1n) is 10.4. The predicted molar refractivity (Wildman–Crippen MR) is 113 cm³/mol. The van der Waals surface area contributed by atoms with Crippen LogP contribution in [0.3, 0.4) is 0 Å². The number of non-ortho nitro benzene ring substituents is 1. The zero-order valence-electron chi connectivity index (χ0n) is 17.3. The van der Waals surface area contributed by atoms with Gasteiger partial charge in [-0.3, -0.25) is 19.8 Å². The average Bonchev–Trinajstić information content (AvgIpc) is 3.23. The van der Waals surface area contributed by atoms with Gasteiger partial charge in [-0.1, -0.05) is 0 Å². The second-order valence-corrected chi connectivity index (χ2v) is 7.59. The number of nitro benzene ring substituents is 1. The van der Waals surface area contributed by atoms with Crippen molar-refractivity contribution in [3.63, 3.8) is 0 Å². The highest BCUT2D eigenvalue weighted by Gasteiger charge is 2.26. The zero-order valence-corrected chi connectivity index (χ0v) is 17.3. The summed E-state index contributed by atoms with van der Waals surface area (Å²) in [6.45, 7) is 4.58. The average molecular weight is 427 g/mol. The monoisotopic (exact) mass is 427 g/mol. The van der Waals surface area contributed by atoms with Gasteiger partial charge in [0.15, 0.2) is 11.5 Å². The number of rotatable bonds is 7. The standard InChI is InChI=1S/C22H25N3O6/c1-2-29-19-6-4-18(25(27)28)11-16(19)13-24-9-7-15(8-10-24)22(26)23-17-3-5-20-21(12-17)31-14-30-20/h3-6,11-12,15H,2,7-10,13-14H2,1H3,(H,23,26). The highest BCUT2D eigenvalue weighted by Crippen LogP contribution is 2.34. The normalized spacial score (nSPS) is 16.2. The topological polar surface area (TPSA) is 103 Å². The lowest BCUT2D eigenvalue weighted by Gasteiger charge is -2.31. The van der Waals surface area contributed by atoms with Crippen LogP contribution in [0, 0.1) is 16.0 Å². The Labute approximate surface area is 180 Å². The molecular weight excluding hydrogens is 402 g/mol. The van der Waals surface area contributed by atoms with Crippen LogP contribution in [-0.4, -0.2) is 42.2 Å². The number of carbonyl (C=O) groups excluding carboxylic acids is 1. The molecule has 0 saturated carbocycles. The molecule has 0 aromatic heterocycles. The van der Waals surface area contributed by atoms with Gasteiger partial charge in [-0.25, -0.2) is 0 Å². The Morgan fingerprint density at radius 2 is 1.97 bits per heavy atom. The number of nitro groups is 1. The number of carbonyl (C=O) groups is 1. The maximum absolute atomic E-state index is 12.7. The Morgan fingerprint density at radius 1 is 1.19 bits per heavy atom.